The van der Waals surface area contributed by atoms with Gasteiger partial charge >= 0.3 is 0 Å². The van der Waals surface area contributed by atoms with Crippen LogP contribution in [0.3, 0.4) is 0 Å². The average molecular weight is 354 g/mol. The van der Waals surface area contributed by atoms with Gasteiger partial charge in [-0.3, -0.25) is 9.59 Å². The molecule has 0 aliphatic carbocycles. The van der Waals surface area contributed by atoms with E-state index in [9.17, 15) is 9.59 Å². The summed E-state index contributed by atoms with van der Waals surface area (Å²) in [6, 6.07) is 13.4. The van der Waals surface area contributed by atoms with Gasteiger partial charge in [-0.2, -0.15) is 0 Å². The first-order valence-electron chi connectivity index (χ1n) is 8.73. The van der Waals surface area contributed by atoms with Crippen LogP contribution in [0.1, 0.15) is 30.5 Å². The van der Waals surface area contributed by atoms with Crippen molar-refractivity contribution in [3.8, 4) is 5.75 Å². The molecule has 5 heteroatoms. The zero-order valence-corrected chi connectivity index (χ0v) is 15.8. The van der Waals surface area contributed by atoms with E-state index in [0.717, 1.165) is 16.7 Å². The van der Waals surface area contributed by atoms with Crippen molar-refractivity contribution in [2.45, 2.75) is 34.2 Å². The van der Waals surface area contributed by atoms with Gasteiger partial charge in [-0.25, -0.2) is 0 Å². The molecule has 0 atom stereocenters. The Morgan fingerprint density at radius 3 is 2.54 bits per heavy atom. The van der Waals surface area contributed by atoms with Gasteiger partial charge in [-0.05, 0) is 50.1 Å². The first kappa shape index (κ1) is 19.5. The summed E-state index contributed by atoms with van der Waals surface area (Å²) in [6.07, 6.45) is 0. The highest BCUT2D eigenvalue weighted by Crippen LogP contribution is 2.19. The normalized spacial score (nSPS) is 10.3. The van der Waals surface area contributed by atoms with Crippen LogP contribution in [0.5, 0.6) is 5.75 Å². The lowest BCUT2D eigenvalue weighted by Crippen LogP contribution is -2.27. The number of carbonyl (C=O) groups excluding carboxylic acids is 2. The predicted molar refractivity (Wildman–Crippen MR) is 103 cm³/mol. The zero-order chi connectivity index (χ0) is 19.1. The third-order valence-corrected chi connectivity index (χ3v) is 4.10. The van der Waals surface area contributed by atoms with E-state index in [4.69, 9.17) is 4.74 Å². The fraction of sp³-hybridized carbons (Fsp3) is 0.333. The quantitative estimate of drug-likeness (QED) is 0.825. The third kappa shape index (κ3) is 5.62. The summed E-state index contributed by atoms with van der Waals surface area (Å²) in [5.74, 6) is 0.518. The Morgan fingerprint density at radius 2 is 1.88 bits per heavy atom. The number of anilines is 1. The Morgan fingerprint density at radius 1 is 1.12 bits per heavy atom. The largest absolute Gasteiger partial charge is 0.483 e. The molecular formula is C21H26N2O3. The van der Waals surface area contributed by atoms with E-state index >= 15 is 0 Å². The second-order valence-electron chi connectivity index (χ2n) is 6.34. The summed E-state index contributed by atoms with van der Waals surface area (Å²) in [7, 11) is 0. The van der Waals surface area contributed by atoms with E-state index in [1.54, 1.807) is 11.8 Å². The van der Waals surface area contributed by atoms with Gasteiger partial charge in [0.2, 0.25) is 5.91 Å². The van der Waals surface area contributed by atoms with E-state index in [1.807, 2.05) is 63.2 Å². The summed E-state index contributed by atoms with van der Waals surface area (Å²) in [6.45, 7) is 8.59. The fourth-order valence-electron chi connectivity index (χ4n) is 2.72. The van der Waals surface area contributed by atoms with Crippen LogP contribution in [0, 0.1) is 13.8 Å². The molecule has 0 heterocycles. The van der Waals surface area contributed by atoms with Crippen molar-refractivity contribution in [2.24, 2.45) is 0 Å². The summed E-state index contributed by atoms with van der Waals surface area (Å²) < 4.78 is 5.60. The Hall–Kier alpha value is -2.82. The van der Waals surface area contributed by atoms with E-state index in [-0.39, 0.29) is 18.4 Å². The molecule has 2 aromatic rings. The molecule has 0 radical (unpaired) electrons. The average Bonchev–Trinajstić information content (AvgIpc) is 2.59. The van der Waals surface area contributed by atoms with Crippen molar-refractivity contribution in [1.82, 2.24) is 4.90 Å². The van der Waals surface area contributed by atoms with Crippen LogP contribution < -0.4 is 10.1 Å². The van der Waals surface area contributed by atoms with Crippen LogP contribution in [-0.2, 0) is 16.1 Å². The first-order valence-corrected chi connectivity index (χ1v) is 8.73. The van der Waals surface area contributed by atoms with Crippen molar-refractivity contribution in [2.75, 3.05) is 18.5 Å². The smallest absolute Gasteiger partial charge is 0.262 e. The fourth-order valence-corrected chi connectivity index (χ4v) is 2.72. The summed E-state index contributed by atoms with van der Waals surface area (Å²) in [5.41, 5.74) is 3.82. The van der Waals surface area contributed by atoms with Crippen LogP contribution >= 0.6 is 0 Å². The number of hydrogen-bond acceptors (Lipinski definition) is 3. The monoisotopic (exact) mass is 354 g/mol. The summed E-state index contributed by atoms with van der Waals surface area (Å²) >= 11 is 0. The van der Waals surface area contributed by atoms with Crippen molar-refractivity contribution in [3.05, 3.63) is 59.2 Å². The summed E-state index contributed by atoms with van der Waals surface area (Å²) in [5, 5.41) is 2.84. The maximum atomic E-state index is 12.2. The molecule has 138 valence electrons. The minimum atomic E-state index is -0.221. The number of ether oxygens (including phenoxy) is 1. The second kappa shape index (κ2) is 9.04. The highest BCUT2D eigenvalue weighted by atomic mass is 16.5. The van der Waals surface area contributed by atoms with Gasteiger partial charge in [-0.15, -0.1) is 0 Å². The Kier molecular flexibility index (Phi) is 6.78. The third-order valence-electron chi connectivity index (χ3n) is 4.10. The van der Waals surface area contributed by atoms with E-state index in [2.05, 4.69) is 5.32 Å². The van der Waals surface area contributed by atoms with Gasteiger partial charge in [0.05, 0.1) is 0 Å². The molecule has 0 spiro atoms. The van der Waals surface area contributed by atoms with Crippen LogP contribution in [0.2, 0.25) is 0 Å². The lowest BCUT2D eigenvalue weighted by Gasteiger charge is -2.19. The van der Waals surface area contributed by atoms with Gasteiger partial charge in [0.25, 0.3) is 5.91 Å². The number of amides is 2. The molecule has 5 nitrogen and oxygen atoms in total. The number of hydrogen-bond donors (Lipinski definition) is 1. The van der Waals surface area contributed by atoms with Gasteiger partial charge in [0, 0.05) is 25.7 Å². The molecule has 0 aliphatic rings. The maximum Gasteiger partial charge on any atom is 0.262 e. The SMILES string of the molecule is CCN(Cc1cccc(NC(=O)COc2ccc(C)cc2C)c1)C(C)=O. The number of aryl methyl sites for hydroxylation is 2. The van der Waals surface area contributed by atoms with Crippen molar-refractivity contribution < 1.29 is 14.3 Å². The topological polar surface area (TPSA) is 58.6 Å². The molecule has 0 fully saturated rings. The molecule has 0 aliphatic heterocycles. The van der Waals surface area contributed by atoms with Gasteiger partial charge in [0.15, 0.2) is 6.61 Å². The molecule has 2 aromatic carbocycles. The van der Waals surface area contributed by atoms with E-state index in [1.165, 1.54) is 0 Å². The number of carbonyl (C=O) groups is 2. The van der Waals surface area contributed by atoms with Gasteiger partial charge in [0.1, 0.15) is 5.75 Å². The molecule has 0 saturated carbocycles. The zero-order valence-electron chi connectivity index (χ0n) is 15.8. The Labute approximate surface area is 155 Å². The minimum Gasteiger partial charge on any atom is -0.483 e. The second-order valence-corrected chi connectivity index (χ2v) is 6.34. The van der Waals surface area contributed by atoms with Crippen LogP contribution in [0.4, 0.5) is 5.69 Å². The summed E-state index contributed by atoms with van der Waals surface area (Å²) in [4.78, 5) is 25.5. The van der Waals surface area contributed by atoms with E-state index in [0.29, 0.717) is 24.5 Å². The molecule has 1 N–H and O–H groups in total. The van der Waals surface area contributed by atoms with Crippen molar-refractivity contribution in [3.63, 3.8) is 0 Å². The minimum absolute atomic E-state index is 0.0313. The molecule has 0 saturated heterocycles. The van der Waals surface area contributed by atoms with Crippen molar-refractivity contribution in [1.29, 1.82) is 0 Å². The molecular weight excluding hydrogens is 328 g/mol. The van der Waals surface area contributed by atoms with Gasteiger partial charge < -0.3 is 15.0 Å². The number of benzene rings is 2. The molecule has 0 aromatic heterocycles. The number of nitrogens with zero attached hydrogens (tertiary/aromatic N) is 1. The molecule has 0 bridgehead atoms. The molecule has 26 heavy (non-hydrogen) atoms. The number of rotatable bonds is 7. The van der Waals surface area contributed by atoms with Crippen molar-refractivity contribution >= 4 is 17.5 Å². The first-order chi connectivity index (χ1) is 12.4. The lowest BCUT2D eigenvalue weighted by molar-refractivity contribution is -0.129. The maximum absolute atomic E-state index is 12.2. The van der Waals surface area contributed by atoms with Gasteiger partial charge in [-0.1, -0.05) is 29.8 Å². The van der Waals surface area contributed by atoms with Crippen LogP contribution in [0.25, 0.3) is 0 Å². The standard InChI is InChI=1S/C21H26N2O3/c1-5-23(17(4)24)13-18-7-6-8-19(12-18)22-21(25)14-26-20-10-9-15(2)11-16(20)3/h6-12H,5,13-14H2,1-4H3,(H,22,25). The Bertz CT molecular complexity index is 787. The highest BCUT2D eigenvalue weighted by Gasteiger charge is 2.09. The number of nitrogens with one attached hydrogen (secondary N) is 1. The molecule has 2 rings (SSSR count). The Balaban J connectivity index is 1.94. The van der Waals surface area contributed by atoms with Crippen LogP contribution in [-0.4, -0.2) is 29.9 Å². The highest BCUT2D eigenvalue weighted by molar-refractivity contribution is 5.92. The lowest BCUT2D eigenvalue weighted by atomic mass is 10.1. The van der Waals surface area contributed by atoms with E-state index < -0.39 is 0 Å². The predicted octanol–water partition coefficient (Wildman–Crippen LogP) is 3.69. The molecule has 2 amide bonds. The van der Waals surface area contributed by atoms with Crippen LogP contribution in [0.15, 0.2) is 42.5 Å². The molecule has 0 unspecified atom stereocenters.